The van der Waals surface area contributed by atoms with Gasteiger partial charge in [0.15, 0.2) is 0 Å². The Morgan fingerprint density at radius 2 is 1.77 bits per heavy atom. The Bertz CT molecular complexity index is 173. The number of hydrogen-bond acceptors (Lipinski definition) is 2. The normalized spacial score (nSPS) is 18.3. The fourth-order valence-corrected chi connectivity index (χ4v) is 1.71. The van der Waals surface area contributed by atoms with Crippen LogP contribution in [0.25, 0.3) is 0 Å². The van der Waals surface area contributed by atoms with E-state index in [0.29, 0.717) is 18.8 Å². The van der Waals surface area contributed by atoms with Crippen molar-refractivity contribution in [2.75, 3.05) is 0 Å². The van der Waals surface area contributed by atoms with Crippen LogP contribution in [0.5, 0.6) is 0 Å². The molecule has 2 atom stereocenters. The van der Waals surface area contributed by atoms with Gasteiger partial charge in [0.25, 0.3) is 0 Å². The monoisotopic (exact) mass is 188 g/mol. The largest absolute Gasteiger partial charge is 0.481 e. The number of hydrogen-bond donors (Lipinski definition) is 2. The summed E-state index contributed by atoms with van der Waals surface area (Å²) in [4.78, 5) is 10.6. The molecule has 0 amide bonds. The van der Waals surface area contributed by atoms with Crippen molar-refractivity contribution in [3.8, 4) is 0 Å². The topological polar surface area (TPSA) is 57.5 Å². The number of rotatable bonds is 5. The molecule has 2 N–H and O–H groups in total. The van der Waals surface area contributed by atoms with Crippen molar-refractivity contribution in [1.29, 1.82) is 0 Å². The van der Waals surface area contributed by atoms with E-state index in [-0.39, 0.29) is 0 Å². The molecule has 0 radical (unpaired) electrons. The molecule has 1 unspecified atom stereocenters. The Hall–Kier alpha value is -0.570. The summed E-state index contributed by atoms with van der Waals surface area (Å²) in [6.45, 7) is 7.35. The molecular formula is C10H20O3. The van der Waals surface area contributed by atoms with E-state index in [2.05, 4.69) is 0 Å². The van der Waals surface area contributed by atoms with E-state index in [1.807, 2.05) is 13.8 Å². The van der Waals surface area contributed by atoms with Crippen LogP contribution in [-0.2, 0) is 4.79 Å². The number of carboxylic acids is 1. The quantitative estimate of drug-likeness (QED) is 0.692. The molecule has 0 saturated heterocycles. The van der Waals surface area contributed by atoms with Gasteiger partial charge < -0.3 is 10.2 Å². The summed E-state index contributed by atoms with van der Waals surface area (Å²) in [6.07, 6.45) is 0.963. The summed E-state index contributed by atoms with van der Waals surface area (Å²) in [5.41, 5.74) is -0.855. The highest BCUT2D eigenvalue weighted by molar-refractivity contribution is 5.69. The van der Waals surface area contributed by atoms with Crippen LogP contribution in [0.2, 0.25) is 0 Å². The number of carbonyl (C=O) groups is 1. The Balaban J connectivity index is 4.08. The average molecular weight is 188 g/mol. The van der Waals surface area contributed by atoms with E-state index in [4.69, 9.17) is 5.11 Å². The van der Waals surface area contributed by atoms with Crippen LogP contribution < -0.4 is 0 Å². The smallest absolute Gasteiger partial charge is 0.306 e. The zero-order valence-corrected chi connectivity index (χ0v) is 8.87. The van der Waals surface area contributed by atoms with Gasteiger partial charge >= 0.3 is 5.97 Å². The predicted molar refractivity (Wildman–Crippen MR) is 51.5 cm³/mol. The molecule has 0 heterocycles. The predicted octanol–water partition coefficient (Wildman–Crippen LogP) is 1.89. The maximum Gasteiger partial charge on any atom is 0.306 e. The molecule has 0 aliphatic carbocycles. The first-order valence-corrected chi connectivity index (χ1v) is 4.70. The summed E-state index contributed by atoms with van der Waals surface area (Å²) in [7, 11) is 0. The zero-order chi connectivity index (χ0) is 10.6. The van der Waals surface area contributed by atoms with Crippen molar-refractivity contribution in [3.63, 3.8) is 0 Å². The molecule has 0 aromatic heterocycles. The Labute approximate surface area is 79.8 Å². The summed E-state index contributed by atoms with van der Waals surface area (Å²) < 4.78 is 0. The molecule has 0 aromatic rings. The van der Waals surface area contributed by atoms with Gasteiger partial charge in [-0.2, -0.15) is 0 Å². The molecule has 0 aromatic carbocycles. The molecule has 0 saturated carbocycles. The van der Waals surface area contributed by atoms with Crippen molar-refractivity contribution in [2.45, 2.75) is 46.1 Å². The van der Waals surface area contributed by atoms with Gasteiger partial charge in [0.05, 0.1) is 11.5 Å². The van der Waals surface area contributed by atoms with Gasteiger partial charge in [-0.25, -0.2) is 0 Å². The molecule has 0 aliphatic rings. The van der Waals surface area contributed by atoms with Gasteiger partial charge in [0, 0.05) is 0 Å². The minimum atomic E-state index is -0.855. The number of carboxylic acid groups (broad SMARTS) is 1. The minimum absolute atomic E-state index is 0.320. The van der Waals surface area contributed by atoms with E-state index in [1.54, 1.807) is 13.8 Å². The minimum Gasteiger partial charge on any atom is -0.481 e. The third-order valence-corrected chi connectivity index (χ3v) is 2.02. The fraction of sp³-hybridized carbons (Fsp3) is 0.900. The van der Waals surface area contributed by atoms with E-state index < -0.39 is 17.5 Å². The third-order valence-electron chi connectivity index (χ3n) is 2.02. The third kappa shape index (κ3) is 5.64. The van der Waals surface area contributed by atoms with Crippen molar-refractivity contribution in [2.24, 2.45) is 11.8 Å². The lowest BCUT2D eigenvalue weighted by Gasteiger charge is -2.26. The number of aliphatic hydroxyl groups is 1. The first-order chi connectivity index (χ1) is 5.74. The Kier molecular flexibility index (Phi) is 4.40. The van der Waals surface area contributed by atoms with Crippen LogP contribution in [-0.4, -0.2) is 21.8 Å². The second kappa shape index (κ2) is 4.61. The van der Waals surface area contributed by atoms with Crippen molar-refractivity contribution in [3.05, 3.63) is 0 Å². The Morgan fingerprint density at radius 1 is 1.31 bits per heavy atom. The van der Waals surface area contributed by atoms with Crippen LogP contribution in [0, 0.1) is 11.8 Å². The van der Waals surface area contributed by atoms with Gasteiger partial charge in [-0.05, 0) is 25.7 Å². The van der Waals surface area contributed by atoms with E-state index >= 15 is 0 Å². The first kappa shape index (κ1) is 12.4. The molecule has 0 spiro atoms. The maximum atomic E-state index is 10.6. The molecule has 0 fully saturated rings. The molecule has 0 rings (SSSR count). The van der Waals surface area contributed by atoms with Crippen LogP contribution in [0.4, 0.5) is 0 Å². The molecule has 0 bridgehead atoms. The van der Waals surface area contributed by atoms with Crippen LogP contribution in [0.15, 0.2) is 0 Å². The van der Waals surface area contributed by atoms with Gasteiger partial charge in [-0.1, -0.05) is 20.8 Å². The zero-order valence-electron chi connectivity index (χ0n) is 8.87. The second-order valence-electron chi connectivity index (χ2n) is 4.54. The Morgan fingerprint density at radius 3 is 2.08 bits per heavy atom. The molecule has 13 heavy (non-hydrogen) atoms. The highest BCUT2D eigenvalue weighted by atomic mass is 16.4. The van der Waals surface area contributed by atoms with Crippen LogP contribution in [0.1, 0.15) is 40.5 Å². The highest BCUT2D eigenvalue weighted by Gasteiger charge is 2.27. The fourth-order valence-electron chi connectivity index (χ4n) is 1.71. The average Bonchev–Trinajstić information content (AvgIpc) is 1.81. The first-order valence-electron chi connectivity index (χ1n) is 4.70. The van der Waals surface area contributed by atoms with Gasteiger partial charge in [-0.3, -0.25) is 4.79 Å². The van der Waals surface area contributed by atoms with E-state index in [0.717, 1.165) is 0 Å². The summed E-state index contributed by atoms with van der Waals surface area (Å²) >= 11 is 0. The van der Waals surface area contributed by atoms with Crippen molar-refractivity contribution < 1.29 is 15.0 Å². The number of aliphatic carboxylic acids is 1. The van der Waals surface area contributed by atoms with Crippen LogP contribution >= 0.6 is 0 Å². The standard InChI is InChI=1S/C10H20O3/c1-7(2)5-10(4,13)6-8(3)9(11)12/h7-8,13H,5-6H2,1-4H3,(H,11,12)/t8?,10-/m1/s1. The molecular weight excluding hydrogens is 168 g/mol. The maximum absolute atomic E-state index is 10.6. The lowest BCUT2D eigenvalue weighted by molar-refractivity contribution is -0.143. The summed E-state index contributed by atoms with van der Waals surface area (Å²) in [6, 6.07) is 0. The second-order valence-corrected chi connectivity index (χ2v) is 4.54. The van der Waals surface area contributed by atoms with E-state index in [1.165, 1.54) is 0 Å². The summed E-state index contributed by atoms with van der Waals surface area (Å²) in [5.74, 6) is -0.936. The van der Waals surface area contributed by atoms with E-state index in [9.17, 15) is 9.90 Å². The van der Waals surface area contributed by atoms with Crippen LogP contribution in [0.3, 0.4) is 0 Å². The molecule has 78 valence electrons. The summed E-state index contributed by atoms with van der Waals surface area (Å²) in [5, 5.41) is 18.5. The molecule has 0 aliphatic heterocycles. The van der Waals surface area contributed by atoms with Crippen molar-refractivity contribution >= 4 is 5.97 Å². The van der Waals surface area contributed by atoms with Gasteiger partial charge in [0.1, 0.15) is 0 Å². The highest BCUT2D eigenvalue weighted by Crippen LogP contribution is 2.24. The molecule has 3 nitrogen and oxygen atoms in total. The van der Waals surface area contributed by atoms with Crippen molar-refractivity contribution in [1.82, 2.24) is 0 Å². The lowest BCUT2D eigenvalue weighted by atomic mass is 9.86. The SMILES string of the molecule is CC(C)C[C@@](C)(O)CC(C)C(=O)O. The molecule has 3 heteroatoms. The van der Waals surface area contributed by atoms with Gasteiger partial charge in [0.2, 0.25) is 0 Å². The lowest BCUT2D eigenvalue weighted by Crippen LogP contribution is -2.31. The van der Waals surface area contributed by atoms with Gasteiger partial charge in [-0.15, -0.1) is 0 Å².